The number of carbonyl (C=O) groups excluding carboxylic acids is 2. The number of rotatable bonds is 2. The zero-order valence-electron chi connectivity index (χ0n) is 14.4. The van der Waals surface area contributed by atoms with E-state index in [0.717, 1.165) is 0 Å². The van der Waals surface area contributed by atoms with Gasteiger partial charge < -0.3 is 19.2 Å². The van der Waals surface area contributed by atoms with Crippen molar-refractivity contribution in [3.05, 3.63) is 36.3 Å². The number of carbonyl (C=O) groups is 3. The highest BCUT2D eigenvalue weighted by molar-refractivity contribution is 5.96. The van der Waals surface area contributed by atoms with E-state index in [1.807, 2.05) is 6.08 Å². The summed E-state index contributed by atoms with van der Waals surface area (Å²) >= 11 is 0. The van der Waals surface area contributed by atoms with E-state index in [-0.39, 0.29) is 11.7 Å². The lowest BCUT2D eigenvalue weighted by atomic mass is 9.69. The van der Waals surface area contributed by atoms with Gasteiger partial charge in [-0.1, -0.05) is 26.0 Å². The lowest BCUT2D eigenvalue weighted by Gasteiger charge is -2.46. The van der Waals surface area contributed by atoms with Crippen LogP contribution >= 0.6 is 0 Å². The number of ketones is 1. The number of carboxylic acid groups (broad SMARTS) is 1. The molecule has 136 valence electrons. The zero-order valence-corrected chi connectivity index (χ0v) is 14.4. The van der Waals surface area contributed by atoms with Gasteiger partial charge in [0.25, 0.3) is 0 Å². The summed E-state index contributed by atoms with van der Waals surface area (Å²) < 4.78 is 11.6. The maximum absolute atomic E-state index is 13.4. The van der Waals surface area contributed by atoms with Gasteiger partial charge in [-0.2, -0.15) is 0 Å². The number of fused-ring (bicyclic) bond motifs is 2. The van der Waals surface area contributed by atoms with Gasteiger partial charge in [-0.15, -0.1) is 0 Å². The van der Waals surface area contributed by atoms with E-state index in [2.05, 4.69) is 0 Å². The third kappa shape index (κ3) is 1.60. The largest absolute Gasteiger partial charge is 0.481 e. The average Bonchev–Trinajstić information content (AvgIpc) is 3.35. The van der Waals surface area contributed by atoms with E-state index in [4.69, 9.17) is 9.15 Å². The molecule has 1 aromatic rings. The van der Waals surface area contributed by atoms with Crippen molar-refractivity contribution in [1.82, 2.24) is 4.90 Å². The minimum Gasteiger partial charge on any atom is -0.481 e. The monoisotopic (exact) mass is 357 g/mol. The van der Waals surface area contributed by atoms with Gasteiger partial charge in [0.1, 0.15) is 23.1 Å². The number of furan rings is 1. The van der Waals surface area contributed by atoms with Crippen LogP contribution in [0.1, 0.15) is 25.6 Å². The average molecular weight is 357 g/mol. The van der Waals surface area contributed by atoms with E-state index in [9.17, 15) is 19.5 Å². The highest BCUT2D eigenvalue weighted by Crippen LogP contribution is 2.60. The molecule has 0 unspecified atom stereocenters. The molecule has 1 amide bonds. The Kier molecular flexibility index (Phi) is 2.95. The van der Waals surface area contributed by atoms with Crippen molar-refractivity contribution in [2.45, 2.75) is 37.6 Å². The van der Waals surface area contributed by atoms with Gasteiger partial charge in [-0.05, 0) is 12.1 Å². The van der Waals surface area contributed by atoms with Crippen LogP contribution in [0.15, 0.2) is 35.0 Å². The molecule has 4 aliphatic rings. The first kappa shape index (κ1) is 15.8. The molecule has 0 aliphatic carbocycles. The van der Waals surface area contributed by atoms with Crippen LogP contribution in [0.3, 0.4) is 0 Å². The third-order valence-electron chi connectivity index (χ3n) is 6.63. The van der Waals surface area contributed by atoms with E-state index in [1.165, 1.54) is 6.26 Å². The first-order valence-electron chi connectivity index (χ1n) is 8.88. The summed E-state index contributed by atoms with van der Waals surface area (Å²) in [4.78, 5) is 39.9. The highest BCUT2D eigenvalue weighted by Gasteiger charge is 2.75. The van der Waals surface area contributed by atoms with Gasteiger partial charge in [0.05, 0.1) is 30.4 Å². The summed E-state index contributed by atoms with van der Waals surface area (Å²) in [7, 11) is 0. The fourth-order valence-electron chi connectivity index (χ4n) is 5.65. The number of hydrogen-bond donors (Lipinski definition) is 1. The van der Waals surface area contributed by atoms with Crippen LogP contribution < -0.4 is 0 Å². The first-order chi connectivity index (χ1) is 12.4. The van der Waals surface area contributed by atoms with Crippen molar-refractivity contribution in [2.24, 2.45) is 23.7 Å². The topological polar surface area (TPSA) is 97.1 Å². The normalized spacial score (nSPS) is 45.9. The number of carboxylic acids is 1. The maximum atomic E-state index is 13.4. The second-order valence-corrected chi connectivity index (χ2v) is 7.77. The van der Waals surface area contributed by atoms with Crippen LogP contribution in [-0.4, -0.2) is 45.4 Å². The summed E-state index contributed by atoms with van der Waals surface area (Å²) in [6.45, 7) is 3.60. The predicted molar refractivity (Wildman–Crippen MR) is 86.8 cm³/mol. The molecule has 1 spiro atoms. The minimum atomic E-state index is -1.05. The first-order valence-corrected chi connectivity index (χ1v) is 8.88. The quantitative estimate of drug-likeness (QED) is 0.804. The van der Waals surface area contributed by atoms with E-state index in [0.29, 0.717) is 5.76 Å². The van der Waals surface area contributed by atoms with E-state index >= 15 is 0 Å². The molecule has 3 fully saturated rings. The Morgan fingerprint density at radius 2 is 2.04 bits per heavy atom. The highest BCUT2D eigenvalue weighted by atomic mass is 16.5. The summed E-state index contributed by atoms with van der Waals surface area (Å²) in [6, 6.07) is 2.41. The molecule has 1 N–H and O–H groups in total. The van der Waals surface area contributed by atoms with Crippen molar-refractivity contribution in [1.29, 1.82) is 0 Å². The number of amides is 1. The molecule has 4 aliphatic heterocycles. The fourth-order valence-corrected chi connectivity index (χ4v) is 5.65. The Morgan fingerprint density at radius 1 is 1.27 bits per heavy atom. The minimum absolute atomic E-state index is 0.0368. The summed E-state index contributed by atoms with van der Waals surface area (Å²) in [5, 5.41) is 9.68. The predicted octanol–water partition coefficient (Wildman–Crippen LogP) is 1.41. The molecule has 7 nitrogen and oxygen atoms in total. The molecule has 1 aromatic heterocycles. The summed E-state index contributed by atoms with van der Waals surface area (Å²) in [6.07, 6.45) is 4.43. The number of ether oxygens (including phenoxy) is 1. The van der Waals surface area contributed by atoms with Crippen molar-refractivity contribution in [3.63, 3.8) is 0 Å². The molecule has 26 heavy (non-hydrogen) atoms. The summed E-state index contributed by atoms with van der Waals surface area (Å²) in [5.74, 6) is -3.33. The molecule has 0 radical (unpaired) electrons. The number of hydrogen-bond acceptors (Lipinski definition) is 5. The second-order valence-electron chi connectivity index (χ2n) is 7.77. The van der Waals surface area contributed by atoms with Crippen LogP contribution in [0.25, 0.3) is 0 Å². The fraction of sp³-hybridized carbons (Fsp3) is 0.526. The Bertz CT molecular complexity index is 844. The SMILES string of the molecule is C[C@@H]1C(=O)[C@@H](C)[C@@H]2N(C(=O)[C@H]3[C@@H](C(=O)O)[C@H]4C=C[C@@]23O4)[C@@H]1c1ccco1. The van der Waals surface area contributed by atoms with Crippen LogP contribution in [0.4, 0.5) is 0 Å². The van der Waals surface area contributed by atoms with Gasteiger partial charge in [0.2, 0.25) is 5.91 Å². The van der Waals surface area contributed by atoms with Crippen LogP contribution in [-0.2, 0) is 19.1 Å². The van der Waals surface area contributed by atoms with Gasteiger partial charge in [0, 0.05) is 11.8 Å². The van der Waals surface area contributed by atoms with Crippen molar-refractivity contribution >= 4 is 17.7 Å². The molecular formula is C19H19NO6. The number of piperidine rings is 1. The molecule has 0 saturated carbocycles. The van der Waals surface area contributed by atoms with Crippen molar-refractivity contribution in [2.75, 3.05) is 0 Å². The van der Waals surface area contributed by atoms with Gasteiger partial charge >= 0.3 is 5.97 Å². The van der Waals surface area contributed by atoms with Crippen molar-refractivity contribution in [3.8, 4) is 0 Å². The van der Waals surface area contributed by atoms with Crippen LogP contribution in [0.2, 0.25) is 0 Å². The maximum Gasteiger partial charge on any atom is 0.310 e. The Hall–Kier alpha value is -2.41. The Morgan fingerprint density at radius 3 is 2.69 bits per heavy atom. The van der Waals surface area contributed by atoms with Crippen LogP contribution in [0, 0.1) is 23.7 Å². The molecule has 5 rings (SSSR count). The van der Waals surface area contributed by atoms with Gasteiger partial charge in [0.15, 0.2) is 0 Å². The third-order valence-corrected chi connectivity index (χ3v) is 6.63. The standard InChI is InChI=1S/C19H19NO6/c1-8-14(11-4-3-7-25-11)20-16(9(2)15(8)21)19-6-5-10(26-19)12(18(23)24)13(19)17(20)22/h3-10,12-14,16H,1-2H3,(H,23,24)/t8-,9+,10+,12-,13+,14-,16-,19-/m0/s1. The molecule has 0 aromatic carbocycles. The zero-order chi connectivity index (χ0) is 18.4. The van der Waals surface area contributed by atoms with Crippen LogP contribution in [0.5, 0.6) is 0 Å². The summed E-state index contributed by atoms with van der Waals surface area (Å²) in [5.41, 5.74) is -1.05. The van der Waals surface area contributed by atoms with Crippen molar-refractivity contribution < 1.29 is 28.6 Å². The van der Waals surface area contributed by atoms with E-state index < -0.39 is 53.4 Å². The van der Waals surface area contributed by atoms with E-state index in [1.54, 1.807) is 37.0 Å². The van der Waals surface area contributed by atoms with Gasteiger partial charge in [-0.3, -0.25) is 14.4 Å². The molecule has 5 heterocycles. The number of Topliss-reactive ketones (excluding diaryl/α,β-unsaturated/α-hetero) is 1. The molecule has 2 bridgehead atoms. The Balaban J connectivity index is 1.69. The second kappa shape index (κ2) is 4.85. The Labute approximate surface area is 149 Å². The molecule has 3 saturated heterocycles. The molecule has 7 heteroatoms. The molecule has 8 atom stereocenters. The molecular weight excluding hydrogens is 338 g/mol. The van der Waals surface area contributed by atoms with Gasteiger partial charge in [-0.25, -0.2) is 0 Å². The smallest absolute Gasteiger partial charge is 0.310 e. The number of aliphatic carboxylic acids is 1. The number of nitrogens with zero attached hydrogens (tertiary/aromatic N) is 1. The lowest BCUT2D eigenvalue weighted by Crippen LogP contribution is -2.58. The lowest BCUT2D eigenvalue weighted by molar-refractivity contribution is -0.156.